The van der Waals surface area contributed by atoms with Gasteiger partial charge in [-0.25, -0.2) is 9.67 Å². The van der Waals surface area contributed by atoms with Gasteiger partial charge in [-0.2, -0.15) is 10.1 Å². The fourth-order valence-electron chi connectivity index (χ4n) is 2.87. The van der Waals surface area contributed by atoms with Crippen LogP contribution < -0.4 is 10.6 Å². The van der Waals surface area contributed by atoms with Gasteiger partial charge in [0.05, 0.1) is 5.69 Å². The maximum atomic E-state index is 6.00. The molecular formula is C16H24N6. The summed E-state index contributed by atoms with van der Waals surface area (Å²) >= 11 is 0. The molecule has 0 aliphatic carbocycles. The summed E-state index contributed by atoms with van der Waals surface area (Å²) in [5, 5.41) is 4.51. The minimum Gasteiger partial charge on any atom is -0.356 e. The Morgan fingerprint density at radius 3 is 2.50 bits per heavy atom. The van der Waals surface area contributed by atoms with E-state index < -0.39 is 0 Å². The number of rotatable bonds is 3. The van der Waals surface area contributed by atoms with Gasteiger partial charge in [-0.05, 0) is 39.2 Å². The number of piperidine rings is 1. The van der Waals surface area contributed by atoms with Gasteiger partial charge in [0.25, 0.3) is 5.95 Å². The van der Waals surface area contributed by atoms with Crippen LogP contribution in [0.3, 0.4) is 0 Å². The molecule has 0 atom stereocenters. The SMILES string of the molecule is CCc1cc(N2CCC(N)CC2)nc(-n2nc(C)cc2C)n1. The molecule has 2 N–H and O–H groups in total. The number of nitrogens with two attached hydrogens (primary N) is 1. The van der Waals surface area contributed by atoms with Gasteiger partial charge in [0.15, 0.2) is 0 Å². The average molecular weight is 300 g/mol. The van der Waals surface area contributed by atoms with E-state index in [1.165, 1.54) is 0 Å². The number of hydrogen-bond acceptors (Lipinski definition) is 5. The van der Waals surface area contributed by atoms with Gasteiger partial charge < -0.3 is 10.6 Å². The third-order valence-electron chi connectivity index (χ3n) is 4.18. The Kier molecular flexibility index (Phi) is 4.11. The van der Waals surface area contributed by atoms with Gasteiger partial charge in [-0.15, -0.1) is 0 Å². The molecule has 6 nitrogen and oxygen atoms in total. The standard InChI is InChI=1S/C16H24N6/c1-4-14-10-15(21-7-5-13(17)6-8-21)19-16(18-14)22-12(3)9-11(2)20-22/h9-10,13H,4-8,17H2,1-3H3. The van der Waals surface area contributed by atoms with Crippen molar-refractivity contribution in [2.45, 2.75) is 46.1 Å². The fourth-order valence-corrected chi connectivity index (χ4v) is 2.87. The highest BCUT2D eigenvalue weighted by Crippen LogP contribution is 2.20. The summed E-state index contributed by atoms with van der Waals surface area (Å²) < 4.78 is 1.83. The first kappa shape index (κ1) is 15.0. The molecule has 1 fully saturated rings. The minimum atomic E-state index is 0.319. The smallest absolute Gasteiger partial charge is 0.252 e. The summed E-state index contributed by atoms with van der Waals surface area (Å²) in [7, 11) is 0. The fraction of sp³-hybridized carbons (Fsp3) is 0.562. The van der Waals surface area contributed by atoms with Crippen molar-refractivity contribution in [3.8, 4) is 5.95 Å². The highest BCUT2D eigenvalue weighted by Gasteiger charge is 2.19. The number of nitrogens with zero attached hydrogens (tertiary/aromatic N) is 5. The van der Waals surface area contributed by atoms with E-state index in [-0.39, 0.29) is 0 Å². The first-order valence-electron chi connectivity index (χ1n) is 7.99. The Hall–Kier alpha value is -1.95. The largest absolute Gasteiger partial charge is 0.356 e. The summed E-state index contributed by atoms with van der Waals surface area (Å²) in [5.74, 6) is 1.65. The summed E-state index contributed by atoms with van der Waals surface area (Å²) in [5.41, 5.74) is 9.08. The van der Waals surface area contributed by atoms with Crippen molar-refractivity contribution >= 4 is 5.82 Å². The van der Waals surface area contributed by atoms with E-state index in [2.05, 4.69) is 28.0 Å². The van der Waals surface area contributed by atoms with Crippen molar-refractivity contribution in [2.24, 2.45) is 5.73 Å². The Morgan fingerprint density at radius 1 is 1.18 bits per heavy atom. The van der Waals surface area contributed by atoms with Gasteiger partial charge in [-0.1, -0.05) is 6.92 Å². The highest BCUT2D eigenvalue weighted by molar-refractivity contribution is 5.43. The summed E-state index contributed by atoms with van der Waals surface area (Å²) in [6.07, 6.45) is 2.91. The lowest BCUT2D eigenvalue weighted by atomic mass is 10.1. The monoisotopic (exact) mass is 300 g/mol. The van der Waals surface area contributed by atoms with Crippen molar-refractivity contribution in [3.05, 3.63) is 29.2 Å². The molecule has 0 bridgehead atoms. The van der Waals surface area contributed by atoms with Crippen LogP contribution in [-0.2, 0) is 6.42 Å². The number of aromatic nitrogens is 4. The van der Waals surface area contributed by atoms with Crippen LogP contribution in [0.2, 0.25) is 0 Å². The Balaban J connectivity index is 1.98. The van der Waals surface area contributed by atoms with E-state index in [1.807, 2.05) is 24.6 Å². The molecule has 2 aromatic rings. The zero-order valence-corrected chi connectivity index (χ0v) is 13.6. The van der Waals surface area contributed by atoms with Crippen LogP contribution in [-0.4, -0.2) is 38.9 Å². The van der Waals surface area contributed by atoms with E-state index in [0.29, 0.717) is 12.0 Å². The highest BCUT2D eigenvalue weighted by atomic mass is 15.4. The molecule has 1 aliphatic rings. The maximum absolute atomic E-state index is 6.00. The summed E-state index contributed by atoms with van der Waals surface area (Å²) in [6, 6.07) is 4.45. The van der Waals surface area contributed by atoms with Crippen LogP contribution in [0.5, 0.6) is 0 Å². The van der Waals surface area contributed by atoms with Crippen molar-refractivity contribution in [1.29, 1.82) is 0 Å². The molecule has 22 heavy (non-hydrogen) atoms. The van der Waals surface area contributed by atoms with Gasteiger partial charge in [0.1, 0.15) is 5.82 Å². The normalized spacial score (nSPS) is 16.3. The second-order valence-electron chi connectivity index (χ2n) is 6.03. The molecule has 0 aromatic carbocycles. The number of anilines is 1. The van der Waals surface area contributed by atoms with Crippen molar-refractivity contribution in [2.75, 3.05) is 18.0 Å². The van der Waals surface area contributed by atoms with E-state index in [4.69, 9.17) is 10.7 Å². The van der Waals surface area contributed by atoms with Crippen molar-refractivity contribution in [3.63, 3.8) is 0 Å². The van der Waals surface area contributed by atoms with Gasteiger partial charge in [-0.3, -0.25) is 0 Å². The van der Waals surface area contributed by atoms with Crippen LogP contribution in [0.25, 0.3) is 5.95 Å². The van der Waals surface area contributed by atoms with Crippen LogP contribution in [0.15, 0.2) is 12.1 Å². The lowest BCUT2D eigenvalue weighted by Gasteiger charge is -2.31. The summed E-state index contributed by atoms with van der Waals surface area (Å²) in [4.78, 5) is 11.7. The van der Waals surface area contributed by atoms with E-state index >= 15 is 0 Å². The molecule has 0 unspecified atom stereocenters. The Morgan fingerprint density at radius 2 is 1.91 bits per heavy atom. The van der Waals surface area contributed by atoms with E-state index in [1.54, 1.807) is 0 Å². The molecule has 3 rings (SSSR count). The lowest BCUT2D eigenvalue weighted by Crippen LogP contribution is -2.40. The average Bonchev–Trinajstić information content (AvgIpc) is 2.86. The van der Waals surface area contributed by atoms with Crippen LogP contribution in [0.4, 0.5) is 5.82 Å². The third kappa shape index (κ3) is 2.97. The molecule has 0 spiro atoms. The molecule has 0 saturated carbocycles. The van der Waals surface area contributed by atoms with Gasteiger partial charge >= 0.3 is 0 Å². The molecule has 1 aliphatic heterocycles. The Bertz CT molecular complexity index is 655. The summed E-state index contributed by atoms with van der Waals surface area (Å²) in [6.45, 7) is 8.04. The lowest BCUT2D eigenvalue weighted by molar-refractivity contribution is 0.498. The second kappa shape index (κ2) is 6.04. The minimum absolute atomic E-state index is 0.319. The molecule has 6 heteroatoms. The Labute approximate surface area is 131 Å². The quantitative estimate of drug-likeness (QED) is 0.935. The molecule has 3 heterocycles. The van der Waals surface area contributed by atoms with Gasteiger partial charge in [0, 0.05) is 36.6 Å². The number of aryl methyl sites for hydroxylation is 3. The molecule has 0 radical (unpaired) electrons. The predicted octanol–water partition coefficient (Wildman–Crippen LogP) is 1.77. The molecule has 2 aromatic heterocycles. The van der Waals surface area contributed by atoms with Crippen LogP contribution in [0, 0.1) is 13.8 Å². The second-order valence-corrected chi connectivity index (χ2v) is 6.03. The van der Waals surface area contributed by atoms with E-state index in [0.717, 1.165) is 55.3 Å². The van der Waals surface area contributed by atoms with Crippen LogP contribution >= 0.6 is 0 Å². The van der Waals surface area contributed by atoms with Crippen molar-refractivity contribution in [1.82, 2.24) is 19.7 Å². The topological polar surface area (TPSA) is 72.9 Å². The third-order valence-corrected chi connectivity index (χ3v) is 4.18. The molecule has 0 amide bonds. The molecule has 1 saturated heterocycles. The number of hydrogen-bond donors (Lipinski definition) is 1. The van der Waals surface area contributed by atoms with Crippen LogP contribution in [0.1, 0.15) is 36.8 Å². The first-order chi connectivity index (χ1) is 10.6. The molecular weight excluding hydrogens is 276 g/mol. The van der Waals surface area contributed by atoms with E-state index in [9.17, 15) is 0 Å². The van der Waals surface area contributed by atoms with Crippen molar-refractivity contribution < 1.29 is 0 Å². The zero-order valence-electron chi connectivity index (χ0n) is 13.6. The zero-order chi connectivity index (χ0) is 15.7. The first-order valence-corrected chi connectivity index (χ1v) is 7.99. The molecule has 118 valence electrons. The van der Waals surface area contributed by atoms with Gasteiger partial charge in [0.2, 0.25) is 0 Å². The predicted molar refractivity (Wildman–Crippen MR) is 87.4 cm³/mol. The maximum Gasteiger partial charge on any atom is 0.252 e.